The number of anilines is 1. The van der Waals surface area contributed by atoms with Gasteiger partial charge < -0.3 is 18.9 Å². The molecule has 0 unspecified atom stereocenters. The Morgan fingerprint density at radius 2 is 1.80 bits per heavy atom. The van der Waals surface area contributed by atoms with Crippen molar-refractivity contribution >= 4 is 22.6 Å². The van der Waals surface area contributed by atoms with E-state index < -0.39 is 11.5 Å². The molecular weight excluding hydrogens is 380 g/mol. The molecule has 0 saturated heterocycles. The summed E-state index contributed by atoms with van der Waals surface area (Å²) < 4.78 is 12.7. The first-order chi connectivity index (χ1) is 14.1. The molecule has 0 aliphatic heterocycles. The molecule has 0 saturated carbocycles. The molecule has 1 aromatic heterocycles. The zero-order chi connectivity index (χ0) is 22.4. The molecule has 1 aromatic carbocycles. The van der Waals surface area contributed by atoms with Gasteiger partial charge in [-0.15, -0.1) is 0 Å². The number of pyridine rings is 1. The number of hydrogen-bond donors (Lipinski definition) is 0. The fourth-order valence-corrected chi connectivity index (χ4v) is 3.08. The Labute approximate surface area is 178 Å². The molecule has 0 spiro atoms. The maximum Gasteiger partial charge on any atom is 0.308 e. The Morgan fingerprint density at radius 3 is 2.40 bits per heavy atom. The van der Waals surface area contributed by atoms with Crippen LogP contribution in [0.1, 0.15) is 40.5 Å². The van der Waals surface area contributed by atoms with E-state index in [1.165, 1.54) is 22.6 Å². The third-order valence-electron chi connectivity index (χ3n) is 4.81. The van der Waals surface area contributed by atoms with Gasteiger partial charge in [-0.3, -0.25) is 9.59 Å². The quantitative estimate of drug-likeness (QED) is 0.468. The second-order valence-electron chi connectivity index (χ2n) is 7.89. The van der Waals surface area contributed by atoms with Crippen molar-refractivity contribution in [1.82, 2.24) is 4.57 Å². The molecule has 0 atom stereocenters. The summed E-state index contributed by atoms with van der Waals surface area (Å²) in [6, 6.07) is 5.75. The van der Waals surface area contributed by atoms with Crippen molar-refractivity contribution in [2.24, 2.45) is 7.05 Å². The van der Waals surface area contributed by atoms with Gasteiger partial charge in [0.2, 0.25) is 5.75 Å². The van der Waals surface area contributed by atoms with Crippen molar-refractivity contribution < 1.29 is 14.3 Å². The van der Waals surface area contributed by atoms with Crippen molar-refractivity contribution in [3.63, 3.8) is 0 Å². The molecular formula is C24H32N2O4. The molecule has 162 valence electrons. The Balaban J connectivity index is 2.45. The number of esters is 1. The van der Waals surface area contributed by atoms with Crippen LogP contribution >= 0.6 is 0 Å². The highest BCUT2D eigenvalue weighted by Gasteiger charge is 2.20. The lowest BCUT2D eigenvalue weighted by atomic mass is 10.1. The highest BCUT2D eigenvalue weighted by Crippen LogP contribution is 2.34. The zero-order valence-electron chi connectivity index (χ0n) is 19.0. The first-order valence-corrected chi connectivity index (χ1v) is 10.1. The summed E-state index contributed by atoms with van der Waals surface area (Å²) in [5, 5.41) is 0.717. The molecule has 1 heterocycles. The number of fused-ring (bicyclic) bond motifs is 1. The van der Waals surface area contributed by atoms with Crippen LogP contribution in [0.15, 0.2) is 46.3 Å². The lowest BCUT2D eigenvalue weighted by Crippen LogP contribution is -2.23. The second-order valence-corrected chi connectivity index (χ2v) is 7.89. The summed E-state index contributed by atoms with van der Waals surface area (Å²) in [6.45, 7) is 7.78. The summed E-state index contributed by atoms with van der Waals surface area (Å²) >= 11 is 0. The Morgan fingerprint density at radius 1 is 1.10 bits per heavy atom. The SMILES string of the molecule is CC(=O)Oc1c(OC/C=C(\C)CCC=C(C)C)c2ccc(N(C)C)cc2n(C)c1=O. The van der Waals surface area contributed by atoms with Gasteiger partial charge in [0.15, 0.2) is 5.75 Å². The van der Waals surface area contributed by atoms with Gasteiger partial charge in [0.25, 0.3) is 5.56 Å². The number of hydrogen-bond acceptors (Lipinski definition) is 5. The van der Waals surface area contributed by atoms with Crippen LogP contribution in [-0.4, -0.2) is 31.2 Å². The van der Waals surface area contributed by atoms with Crippen LogP contribution in [0, 0.1) is 0 Å². The maximum absolute atomic E-state index is 12.9. The number of carbonyl (C=O) groups is 1. The fourth-order valence-electron chi connectivity index (χ4n) is 3.08. The van der Waals surface area contributed by atoms with Gasteiger partial charge in [0.1, 0.15) is 6.61 Å². The largest absolute Gasteiger partial charge is 0.485 e. The van der Waals surface area contributed by atoms with Gasteiger partial charge in [0.05, 0.1) is 5.52 Å². The first kappa shape index (κ1) is 23.3. The van der Waals surface area contributed by atoms with Crippen LogP contribution in [-0.2, 0) is 11.8 Å². The number of aromatic nitrogens is 1. The smallest absolute Gasteiger partial charge is 0.308 e. The van der Waals surface area contributed by atoms with Crippen LogP contribution in [0.4, 0.5) is 5.69 Å². The summed E-state index contributed by atoms with van der Waals surface area (Å²) in [6.07, 6.45) is 6.11. The molecule has 6 nitrogen and oxygen atoms in total. The number of allylic oxidation sites excluding steroid dienone is 3. The number of aryl methyl sites for hydroxylation is 1. The van der Waals surface area contributed by atoms with E-state index in [1.54, 1.807) is 7.05 Å². The molecule has 0 radical (unpaired) electrons. The van der Waals surface area contributed by atoms with E-state index in [0.29, 0.717) is 11.3 Å². The molecule has 0 aliphatic carbocycles. The molecule has 30 heavy (non-hydrogen) atoms. The van der Waals surface area contributed by atoms with Gasteiger partial charge in [0, 0.05) is 39.1 Å². The third-order valence-corrected chi connectivity index (χ3v) is 4.81. The van der Waals surface area contributed by atoms with Crippen LogP contribution < -0.4 is 19.9 Å². The number of rotatable bonds is 8. The fraction of sp³-hybridized carbons (Fsp3) is 0.417. The van der Waals surface area contributed by atoms with Gasteiger partial charge >= 0.3 is 5.97 Å². The second kappa shape index (κ2) is 10.1. The van der Waals surface area contributed by atoms with Gasteiger partial charge in [-0.1, -0.05) is 17.2 Å². The van der Waals surface area contributed by atoms with Crippen LogP contribution in [0.5, 0.6) is 11.5 Å². The normalized spacial score (nSPS) is 11.4. The van der Waals surface area contributed by atoms with Crippen molar-refractivity contribution in [3.05, 3.63) is 51.9 Å². The maximum atomic E-state index is 12.9. The Bertz CT molecular complexity index is 1040. The van der Waals surface area contributed by atoms with E-state index in [1.807, 2.05) is 43.3 Å². The number of ether oxygens (including phenoxy) is 2. The van der Waals surface area contributed by atoms with Crippen molar-refractivity contribution in [1.29, 1.82) is 0 Å². The summed E-state index contributed by atoms with van der Waals surface area (Å²) in [5.74, 6) is -0.345. The third kappa shape index (κ3) is 5.75. The molecule has 0 N–H and O–H groups in total. The average Bonchev–Trinajstić information content (AvgIpc) is 2.67. The van der Waals surface area contributed by atoms with Crippen molar-refractivity contribution in [3.8, 4) is 11.5 Å². The van der Waals surface area contributed by atoms with E-state index in [-0.39, 0.29) is 12.4 Å². The molecule has 0 amide bonds. The molecule has 2 aromatic rings. The monoisotopic (exact) mass is 412 g/mol. The van der Waals surface area contributed by atoms with E-state index >= 15 is 0 Å². The van der Waals surface area contributed by atoms with Gasteiger partial charge in [-0.05, 0) is 57.9 Å². The van der Waals surface area contributed by atoms with Crippen molar-refractivity contribution in [2.45, 2.75) is 40.5 Å². The molecule has 2 rings (SSSR count). The molecule has 0 bridgehead atoms. The number of nitrogens with zero attached hydrogens (tertiary/aromatic N) is 2. The lowest BCUT2D eigenvalue weighted by Gasteiger charge is -2.18. The summed E-state index contributed by atoms with van der Waals surface area (Å²) in [5.41, 5.74) is 3.76. The predicted molar refractivity (Wildman–Crippen MR) is 123 cm³/mol. The van der Waals surface area contributed by atoms with Crippen LogP contribution in [0.25, 0.3) is 10.9 Å². The van der Waals surface area contributed by atoms with Crippen LogP contribution in [0.3, 0.4) is 0 Å². The summed E-state index contributed by atoms with van der Waals surface area (Å²) in [4.78, 5) is 26.5. The summed E-state index contributed by atoms with van der Waals surface area (Å²) in [7, 11) is 5.54. The van der Waals surface area contributed by atoms with E-state index in [4.69, 9.17) is 9.47 Å². The lowest BCUT2D eigenvalue weighted by molar-refractivity contribution is -0.132. The Hall–Kier alpha value is -3.02. The molecule has 0 aliphatic rings. The standard InChI is InChI=1S/C24H32N2O4/c1-16(2)9-8-10-17(3)13-14-29-22-20-12-11-19(25(5)6)15-21(20)26(7)24(28)23(22)30-18(4)27/h9,11-13,15H,8,10,14H2,1-7H3/b17-13+. The zero-order valence-corrected chi connectivity index (χ0v) is 19.0. The highest BCUT2D eigenvalue weighted by molar-refractivity contribution is 5.91. The van der Waals surface area contributed by atoms with E-state index in [9.17, 15) is 9.59 Å². The van der Waals surface area contributed by atoms with Gasteiger partial charge in [-0.2, -0.15) is 0 Å². The number of benzene rings is 1. The van der Waals surface area contributed by atoms with Crippen LogP contribution in [0.2, 0.25) is 0 Å². The predicted octanol–water partition coefficient (Wildman–Crippen LogP) is 4.60. The first-order valence-electron chi connectivity index (χ1n) is 10.1. The Kier molecular flexibility index (Phi) is 7.86. The van der Waals surface area contributed by atoms with Crippen molar-refractivity contribution in [2.75, 3.05) is 25.6 Å². The highest BCUT2D eigenvalue weighted by atomic mass is 16.6. The molecule has 6 heteroatoms. The minimum absolute atomic E-state index is 0.0781. The minimum atomic E-state index is -0.561. The average molecular weight is 413 g/mol. The number of carbonyl (C=O) groups excluding carboxylic acids is 1. The minimum Gasteiger partial charge on any atom is -0.485 e. The van der Waals surface area contributed by atoms with E-state index in [2.05, 4.69) is 26.8 Å². The van der Waals surface area contributed by atoms with Gasteiger partial charge in [-0.25, -0.2) is 0 Å². The topological polar surface area (TPSA) is 60.8 Å². The van der Waals surface area contributed by atoms with E-state index in [0.717, 1.165) is 23.9 Å². The molecule has 0 fully saturated rings.